The first-order valence-electron chi connectivity index (χ1n) is 4.78. The van der Waals surface area contributed by atoms with Gasteiger partial charge in [0, 0.05) is 0 Å². The lowest BCUT2D eigenvalue weighted by Gasteiger charge is -2.25. The molecule has 14 heavy (non-hydrogen) atoms. The van der Waals surface area contributed by atoms with E-state index in [1.165, 1.54) is 0 Å². The van der Waals surface area contributed by atoms with E-state index < -0.39 is 17.9 Å². The van der Waals surface area contributed by atoms with E-state index in [1.807, 2.05) is 13.8 Å². The van der Waals surface area contributed by atoms with E-state index in [1.54, 1.807) is 4.90 Å². The van der Waals surface area contributed by atoms with Crippen molar-refractivity contribution in [2.75, 3.05) is 13.1 Å². The first-order chi connectivity index (χ1) is 6.52. The summed E-state index contributed by atoms with van der Waals surface area (Å²) in [4.78, 5) is 23.1. The van der Waals surface area contributed by atoms with Gasteiger partial charge in [0.25, 0.3) is 0 Å². The highest BCUT2D eigenvalue weighted by Crippen LogP contribution is 2.06. The van der Waals surface area contributed by atoms with Crippen molar-refractivity contribution in [2.45, 2.75) is 32.7 Å². The van der Waals surface area contributed by atoms with Gasteiger partial charge in [0.05, 0.1) is 6.54 Å². The van der Waals surface area contributed by atoms with Gasteiger partial charge in [-0.3, -0.25) is 14.5 Å². The number of nitrogens with two attached hydrogens (primary N) is 1. The molecule has 1 atom stereocenters. The highest BCUT2D eigenvalue weighted by atomic mass is 16.4. The molecule has 0 aromatic rings. The fraction of sp³-hybridized carbons (Fsp3) is 0.778. The van der Waals surface area contributed by atoms with Gasteiger partial charge >= 0.3 is 5.97 Å². The van der Waals surface area contributed by atoms with Crippen LogP contribution >= 0.6 is 0 Å². The fourth-order valence-corrected chi connectivity index (χ4v) is 1.38. The number of carbonyl (C=O) groups is 2. The van der Waals surface area contributed by atoms with Gasteiger partial charge < -0.3 is 10.8 Å². The van der Waals surface area contributed by atoms with E-state index >= 15 is 0 Å². The monoisotopic (exact) mass is 202 g/mol. The summed E-state index contributed by atoms with van der Waals surface area (Å²) in [5, 5.41) is 8.92. The van der Waals surface area contributed by atoms with Crippen molar-refractivity contribution in [1.29, 1.82) is 0 Å². The third-order valence-electron chi connectivity index (χ3n) is 2.05. The van der Waals surface area contributed by atoms with Crippen LogP contribution in [0.1, 0.15) is 26.7 Å². The van der Waals surface area contributed by atoms with Crippen LogP contribution in [0.15, 0.2) is 0 Å². The highest BCUT2D eigenvalue weighted by molar-refractivity contribution is 5.78. The summed E-state index contributed by atoms with van der Waals surface area (Å²) in [6.07, 6.45) is 1.31. The zero-order chi connectivity index (χ0) is 11.1. The average molecular weight is 202 g/mol. The van der Waals surface area contributed by atoms with Gasteiger partial charge in [-0.1, -0.05) is 20.3 Å². The van der Waals surface area contributed by atoms with Gasteiger partial charge in [-0.25, -0.2) is 0 Å². The maximum Gasteiger partial charge on any atom is 0.320 e. The Labute approximate surface area is 83.9 Å². The van der Waals surface area contributed by atoms with E-state index in [0.717, 1.165) is 6.42 Å². The number of carbonyl (C=O) groups excluding carboxylic acids is 1. The lowest BCUT2D eigenvalue weighted by molar-refractivity contribution is -0.144. The lowest BCUT2D eigenvalue weighted by atomic mass is 10.1. The van der Waals surface area contributed by atoms with E-state index in [4.69, 9.17) is 10.8 Å². The molecule has 0 aliphatic carbocycles. The number of carboxylic acid groups (broad SMARTS) is 1. The minimum absolute atomic E-state index is 0.00741. The molecule has 0 saturated heterocycles. The Kier molecular flexibility index (Phi) is 5.87. The number of amides is 1. The number of rotatable bonds is 7. The van der Waals surface area contributed by atoms with Gasteiger partial charge in [0.15, 0.2) is 0 Å². The Hall–Kier alpha value is -1.10. The van der Waals surface area contributed by atoms with Crippen molar-refractivity contribution in [3.63, 3.8) is 0 Å². The predicted molar refractivity (Wildman–Crippen MR) is 52.8 cm³/mol. The van der Waals surface area contributed by atoms with E-state index in [-0.39, 0.29) is 6.54 Å². The van der Waals surface area contributed by atoms with Gasteiger partial charge in [0.2, 0.25) is 5.91 Å². The van der Waals surface area contributed by atoms with Crippen LogP contribution in [0, 0.1) is 0 Å². The fourth-order valence-electron chi connectivity index (χ4n) is 1.38. The summed E-state index contributed by atoms with van der Waals surface area (Å²) in [7, 11) is 0. The van der Waals surface area contributed by atoms with Gasteiger partial charge in [0.1, 0.15) is 6.04 Å². The Morgan fingerprint density at radius 3 is 2.29 bits per heavy atom. The van der Waals surface area contributed by atoms with E-state index in [2.05, 4.69) is 0 Å². The van der Waals surface area contributed by atoms with Gasteiger partial charge in [-0.2, -0.15) is 0 Å². The third kappa shape index (κ3) is 4.23. The SMILES string of the molecule is CCCC(C(=O)O)N(CC)CC(N)=O. The summed E-state index contributed by atoms with van der Waals surface area (Å²) in [5.41, 5.74) is 5.03. The summed E-state index contributed by atoms with van der Waals surface area (Å²) >= 11 is 0. The number of hydrogen-bond donors (Lipinski definition) is 2. The molecule has 82 valence electrons. The maximum absolute atomic E-state index is 10.9. The zero-order valence-electron chi connectivity index (χ0n) is 8.69. The summed E-state index contributed by atoms with van der Waals surface area (Å²) in [5.74, 6) is -1.39. The highest BCUT2D eigenvalue weighted by Gasteiger charge is 2.24. The number of aliphatic carboxylic acids is 1. The molecule has 0 aliphatic heterocycles. The predicted octanol–water partition coefficient (Wildman–Crippen LogP) is 0.0469. The molecule has 0 bridgehead atoms. The van der Waals surface area contributed by atoms with Gasteiger partial charge in [-0.15, -0.1) is 0 Å². The molecule has 0 aromatic heterocycles. The molecule has 0 aliphatic rings. The molecular formula is C9H18N2O3. The van der Waals surface area contributed by atoms with Crippen molar-refractivity contribution >= 4 is 11.9 Å². The van der Waals surface area contributed by atoms with Crippen molar-refractivity contribution in [1.82, 2.24) is 4.90 Å². The minimum atomic E-state index is -0.894. The number of likely N-dealkylation sites (N-methyl/N-ethyl adjacent to an activating group) is 1. The Balaban J connectivity index is 4.40. The molecule has 5 nitrogen and oxygen atoms in total. The molecule has 0 rings (SSSR count). The van der Waals surface area contributed by atoms with Crippen molar-refractivity contribution in [3.8, 4) is 0 Å². The molecule has 0 heterocycles. The standard InChI is InChI=1S/C9H18N2O3/c1-3-5-7(9(13)14)11(4-2)6-8(10)12/h7H,3-6H2,1-2H3,(H2,10,12)(H,13,14). The van der Waals surface area contributed by atoms with Crippen molar-refractivity contribution in [2.24, 2.45) is 5.73 Å². The van der Waals surface area contributed by atoms with Crippen LogP contribution in [0.3, 0.4) is 0 Å². The van der Waals surface area contributed by atoms with Crippen LogP contribution in [-0.4, -0.2) is 41.0 Å². The van der Waals surface area contributed by atoms with E-state index in [0.29, 0.717) is 13.0 Å². The third-order valence-corrected chi connectivity index (χ3v) is 2.05. The second-order valence-corrected chi connectivity index (χ2v) is 3.17. The summed E-state index contributed by atoms with van der Waals surface area (Å²) in [6, 6.07) is -0.600. The molecule has 1 unspecified atom stereocenters. The molecule has 0 radical (unpaired) electrons. The molecule has 0 saturated carbocycles. The van der Waals surface area contributed by atoms with Crippen molar-refractivity contribution < 1.29 is 14.7 Å². The number of nitrogens with zero attached hydrogens (tertiary/aromatic N) is 1. The first-order valence-corrected chi connectivity index (χ1v) is 4.78. The maximum atomic E-state index is 10.9. The summed E-state index contributed by atoms with van der Waals surface area (Å²) < 4.78 is 0. The second-order valence-electron chi connectivity index (χ2n) is 3.17. The Morgan fingerprint density at radius 2 is 2.00 bits per heavy atom. The molecule has 3 N–H and O–H groups in total. The first kappa shape index (κ1) is 12.9. The molecule has 5 heteroatoms. The summed E-state index contributed by atoms with van der Waals surface area (Å²) in [6.45, 7) is 4.25. The zero-order valence-corrected chi connectivity index (χ0v) is 8.69. The smallest absolute Gasteiger partial charge is 0.320 e. The number of primary amides is 1. The van der Waals surface area contributed by atoms with Gasteiger partial charge in [-0.05, 0) is 13.0 Å². The lowest BCUT2D eigenvalue weighted by Crippen LogP contribution is -2.45. The molecular weight excluding hydrogens is 184 g/mol. The Bertz CT molecular complexity index is 206. The molecule has 0 aromatic carbocycles. The number of hydrogen-bond acceptors (Lipinski definition) is 3. The average Bonchev–Trinajstić information content (AvgIpc) is 2.10. The van der Waals surface area contributed by atoms with Crippen LogP contribution in [0.4, 0.5) is 0 Å². The Morgan fingerprint density at radius 1 is 1.43 bits per heavy atom. The number of carboxylic acids is 1. The van der Waals surface area contributed by atoms with Crippen LogP contribution in [0.5, 0.6) is 0 Å². The second kappa shape index (κ2) is 6.37. The van der Waals surface area contributed by atoms with E-state index in [9.17, 15) is 9.59 Å². The quantitative estimate of drug-likeness (QED) is 0.611. The minimum Gasteiger partial charge on any atom is -0.480 e. The van der Waals surface area contributed by atoms with Crippen molar-refractivity contribution in [3.05, 3.63) is 0 Å². The van der Waals surface area contributed by atoms with Crippen LogP contribution in [-0.2, 0) is 9.59 Å². The molecule has 1 amide bonds. The molecule has 0 spiro atoms. The largest absolute Gasteiger partial charge is 0.480 e. The van der Waals surface area contributed by atoms with Crippen LogP contribution in [0.2, 0.25) is 0 Å². The van der Waals surface area contributed by atoms with Crippen LogP contribution in [0.25, 0.3) is 0 Å². The topological polar surface area (TPSA) is 83.6 Å². The van der Waals surface area contributed by atoms with Crippen LogP contribution < -0.4 is 5.73 Å². The molecule has 0 fully saturated rings. The normalized spacial score (nSPS) is 12.8.